The molecule has 11 heteroatoms. The second-order valence-electron chi connectivity index (χ2n) is 11.5. The first-order valence-corrected chi connectivity index (χ1v) is 15.6. The van der Waals surface area contributed by atoms with Crippen molar-refractivity contribution in [3.63, 3.8) is 0 Å². The number of likely N-dealkylation sites (tertiary alicyclic amines) is 1. The zero-order valence-electron chi connectivity index (χ0n) is 24.6. The van der Waals surface area contributed by atoms with Gasteiger partial charge < -0.3 is 29.9 Å². The Morgan fingerprint density at radius 1 is 1.12 bits per heavy atom. The number of carbonyl (C=O) groups excluding carboxylic acids is 1. The molecule has 0 radical (unpaired) electrons. The van der Waals surface area contributed by atoms with Crippen molar-refractivity contribution in [2.45, 2.75) is 65.3 Å². The maximum Gasteiger partial charge on any atom is 0.410 e. The zero-order chi connectivity index (χ0) is 30.1. The Balaban J connectivity index is 1.61. The molecule has 0 aliphatic carbocycles. The fourth-order valence-electron chi connectivity index (χ4n) is 5.29. The number of likely N-dealkylation sites (N-methyl/N-ethyl adjacent to an activating group) is 1. The van der Waals surface area contributed by atoms with Gasteiger partial charge in [-0.3, -0.25) is 4.90 Å². The number of piperidine rings is 1. The smallest absolute Gasteiger partial charge is 0.410 e. The molecule has 1 unspecified atom stereocenters. The summed E-state index contributed by atoms with van der Waals surface area (Å²) in [7, 11) is 1.77. The molecule has 1 saturated heterocycles. The molecule has 3 heterocycles. The molecule has 9 nitrogen and oxygen atoms in total. The first kappa shape index (κ1) is 31.2. The number of ether oxygens (including phenoxy) is 1. The first-order valence-electron chi connectivity index (χ1n) is 14.0. The number of aliphatic hydroxyl groups excluding tert-OH is 2. The molecule has 1 amide bonds. The topological polar surface area (TPSA) is 114 Å². The fraction of sp³-hybridized carbons (Fsp3) is 0.533. The van der Waals surface area contributed by atoms with E-state index in [1.165, 1.54) is 11.3 Å². The lowest BCUT2D eigenvalue weighted by molar-refractivity contribution is 0.0140. The van der Waals surface area contributed by atoms with Crippen molar-refractivity contribution in [1.29, 1.82) is 0 Å². The second kappa shape index (κ2) is 12.7. The zero-order valence-corrected chi connectivity index (χ0v) is 26.3. The van der Waals surface area contributed by atoms with Crippen LogP contribution < -0.4 is 4.90 Å². The molecule has 3 N–H and O–H groups in total. The Hall–Kier alpha value is -2.70. The number of thiophene rings is 2. The highest BCUT2D eigenvalue weighted by molar-refractivity contribution is 7.29. The van der Waals surface area contributed by atoms with E-state index in [0.717, 1.165) is 48.8 Å². The third kappa shape index (κ3) is 7.03. The molecule has 224 valence electrons. The summed E-state index contributed by atoms with van der Waals surface area (Å²) in [4.78, 5) is 32.4. The van der Waals surface area contributed by atoms with Gasteiger partial charge in [-0.05, 0) is 89.9 Å². The monoisotopic (exact) mass is 603 g/mol. The molecule has 1 aromatic carbocycles. The van der Waals surface area contributed by atoms with Crippen LogP contribution in [0.5, 0.6) is 0 Å². The Bertz CT molecular complexity index is 1360. The summed E-state index contributed by atoms with van der Waals surface area (Å²) in [6.45, 7) is 11.8. The number of carboxylic acid groups (broad SMARTS) is 1. The molecule has 0 bridgehead atoms. The molecule has 41 heavy (non-hydrogen) atoms. The summed E-state index contributed by atoms with van der Waals surface area (Å²) in [5.74, 6) is -0.961. The van der Waals surface area contributed by atoms with Crippen LogP contribution in [0, 0.1) is 6.92 Å². The number of aliphatic hydroxyl groups is 2. The molecule has 1 aliphatic rings. The van der Waals surface area contributed by atoms with Gasteiger partial charge in [0.1, 0.15) is 11.8 Å². The summed E-state index contributed by atoms with van der Waals surface area (Å²) in [6, 6.07) is 8.03. The fourth-order valence-corrected chi connectivity index (χ4v) is 7.74. The highest BCUT2D eigenvalue weighted by Gasteiger charge is 2.31. The summed E-state index contributed by atoms with van der Waals surface area (Å²) < 4.78 is 7.61. The van der Waals surface area contributed by atoms with Gasteiger partial charge in [-0.25, -0.2) is 9.59 Å². The van der Waals surface area contributed by atoms with Crippen LogP contribution in [0.2, 0.25) is 0 Å². The van der Waals surface area contributed by atoms with Crippen LogP contribution >= 0.6 is 22.7 Å². The number of fused-ring (bicyclic) bond motifs is 1. The number of hydrogen-bond acceptors (Lipinski definition) is 9. The second-order valence-corrected chi connectivity index (χ2v) is 13.7. The van der Waals surface area contributed by atoms with Crippen LogP contribution in [0.1, 0.15) is 67.6 Å². The van der Waals surface area contributed by atoms with E-state index in [-0.39, 0.29) is 24.3 Å². The number of benzene rings is 1. The van der Waals surface area contributed by atoms with E-state index in [2.05, 4.69) is 24.0 Å². The normalized spacial score (nSPS) is 15.5. The van der Waals surface area contributed by atoms with E-state index in [0.29, 0.717) is 26.2 Å². The maximum absolute atomic E-state index is 12.6. The van der Waals surface area contributed by atoms with Gasteiger partial charge >= 0.3 is 12.1 Å². The van der Waals surface area contributed by atoms with Gasteiger partial charge in [-0.2, -0.15) is 0 Å². The van der Waals surface area contributed by atoms with Crippen molar-refractivity contribution in [2.75, 3.05) is 44.7 Å². The minimum atomic E-state index is -0.961. The summed E-state index contributed by atoms with van der Waals surface area (Å²) in [5, 5.41) is 29.9. The van der Waals surface area contributed by atoms with Crippen LogP contribution in [0.25, 0.3) is 19.8 Å². The number of amides is 1. The highest BCUT2D eigenvalue weighted by atomic mass is 32.1. The van der Waals surface area contributed by atoms with Gasteiger partial charge in [0.25, 0.3) is 0 Å². The van der Waals surface area contributed by atoms with Crippen molar-refractivity contribution in [3.8, 4) is 10.4 Å². The minimum Gasteiger partial charge on any atom is -0.478 e. The largest absolute Gasteiger partial charge is 0.478 e. The maximum atomic E-state index is 12.6. The Labute approximate surface area is 249 Å². The molecule has 3 aromatic rings. The SMILES string of the molecule is CCN(c1cc(-c2cc3sc(C(O)N(C)CCO)cc3s2)cc(C(=O)O)c1C)C1CCN(C(=O)OC(C)(C)C)CC1. The van der Waals surface area contributed by atoms with Crippen molar-refractivity contribution in [2.24, 2.45) is 0 Å². The predicted molar refractivity (Wildman–Crippen MR) is 165 cm³/mol. The van der Waals surface area contributed by atoms with E-state index < -0.39 is 17.8 Å². The third-order valence-electron chi connectivity index (χ3n) is 7.45. The number of nitrogens with zero attached hydrogens (tertiary/aromatic N) is 3. The summed E-state index contributed by atoms with van der Waals surface area (Å²) in [6.07, 6.45) is 0.450. The predicted octanol–water partition coefficient (Wildman–Crippen LogP) is 5.78. The number of rotatable bonds is 9. The molecule has 2 aromatic heterocycles. The Morgan fingerprint density at radius 3 is 2.34 bits per heavy atom. The summed E-state index contributed by atoms with van der Waals surface area (Å²) in [5.41, 5.74) is 2.22. The number of carboxylic acids is 1. The quantitative estimate of drug-likeness (QED) is 0.264. The van der Waals surface area contributed by atoms with Crippen molar-refractivity contribution in [3.05, 3.63) is 40.3 Å². The third-order valence-corrected chi connectivity index (χ3v) is 9.84. The standard InChI is InChI=1S/C30H41N3O6S2/c1-7-33(20-8-10-32(11-9-20)29(38)39-30(3,4)5)22-15-19(14-21(18(22)2)28(36)37)23-16-24-25(40-23)17-26(41-24)27(35)31(6)12-13-34/h14-17,20,27,34-35H,7-13H2,1-6H3,(H,36,37). The number of anilines is 1. The van der Waals surface area contributed by atoms with Crippen LogP contribution in [0.15, 0.2) is 24.3 Å². The molecule has 1 fully saturated rings. The van der Waals surface area contributed by atoms with Gasteiger partial charge in [0, 0.05) is 52.2 Å². The molecular formula is C30H41N3O6S2. The van der Waals surface area contributed by atoms with E-state index in [1.807, 2.05) is 33.8 Å². The van der Waals surface area contributed by atoms with E-state index in [1.54, 1.807) is 34.3 Å². The number of aromatic carboxylic acids is 1. The number of hydrogen-bond donors (Lipinski definition) is 3. The van der Waals surface area contributed by atoms with E-state index >= 15 is 0 Å². The van der Waals surface area contributed by atoms with E-state index in [4.69, 9.17) is 4.74 Å². The first-order chi connectivity index (χ1) is 19.3. The van der Waals surface area contributed by atoms with Crippen molar-refractivity contribution < 1.29 is 29.6 Å². The highest BCUT2D eigenvalue weighted by Crippen LogP contribution is 2.42. The average Bonchev–Trinajstić information content (AvgIpc) is 3.49. The Morgan fingerprint density at radius 2 is 1.78 bits per heavy atom. The van der Waals surface area contributed by atoms with Crippen molar-refractivity contribution >= 4 is 49.8 Å². The minimum absolute atomic E-state index is 0.0310. The van der Waals surface area contributed by atoms with Gasteiger partial charge in [0.05, 0.1) is 17.0 Å². The van der Waals surface area contributed by atoms with E-state index in [9.17, 15) is 24.9 Å². The number of carbonyl (C=O) groups is 2. The summed E-state index contributed by atoms with van der Waals surface area (Å²) >= 11 is 3.07. The van der Waals surface area contributed by atoms with Crippen LogP contribution in [-0.2, 0) is 4.74 Å². The van der Waals surface area contributed by atoms with Crippen molar-refractivity contribution in [1.82, 2.24) is 9.80 Å². The van der Waals surface area contributed by atoms with Crippen LogP contribution in [0.3, 0.4) is 0 Å². The van der Waals surface area contributed by atoms with Gasteiger partial charge in [0.15, 0.2) is 0 Å². The molecular weight excluding hydrogens is 562 g/mol. The van der Waals surface area contributed by atoms with Gasteiger partial charge in [-0.1, -0.05) is 0 Å². The van der Waals surface area contributed by atoms with Gasteiger partial charge in [-0.15, -0.1) is 22.7 Å². The molecule has 0 spiro atoms. The molecule has 1 aliphatic heterocycles. The molecule has 0 saturated carbocycles. The molecule has 1 atom stereocenters. The van der Waals surface area contributed by atoms with Gasteiger partial charge in [0.2, 0.25) is 0 Å². The lowest BCUT2D eigenvalue weighted by Gasteiger charge is -2.40. The lowest BCUT2D eigenvalue weighted by atomic mass is 9.97. The molecule has 4 rings (SSSR count). The average molecular weight is 604 g/mol. The van der Waals surface area contributed by atoms with Crippen LogP contribution in [-0.4, -0.2) is 88.7 Å². The Kier molecular flexibility index (Phi) is 9.65. The lowest BCUT2D eigenvalue weighted by Crippen LogP contribution is -2.48. The van der Waals surface area contributed by atoms with Crippen LogP contribution in [0.4, 0.5) is 10.5 Å².